The maximum atomic E-state index is 10.9. The second kappa shape index (κ2) is 6.83. The molecule has 0 aliphatic rings. The summed E-state index contributed by atoms with van der Waals surface area (Å²) in [5.41, 5.74) is 2.68. The Morgan fingerprint density at radius 3 is 2.04 bits per heavy atom. The van der Waals surface area contributed by atoms with E-state index in [4.69, 9.17) is 4.74 Å². The molecule has 0 radical (unpaired) electrons. The lowest BCUT2D eigenvalue weighted by Gasteiger charge is -2.26. The first-order chi connectivity index (χ1) is 11.7. The average Bonchev–Trinajstić information content (AvgIpc) is 2.64. The maximum Gasteiger partial charge on any atom is 0.269 e. The van der Waals surface area contributed by atoms with Crippen LogP contribution in [0.4, 0.5) is 22.7 Å². The summed E-state index contributed by atoms with van der Waals surface area (Å²) in [7, 11) is 1.62. The first kappa shape index (κ1) is 15.6. The van der Waals surface area contributed by atoms with Gasteiger partial charge in [-0.15, -0.1) is 0 Å². The van der Waals surface area contributed by atoms with Crippen molar-refractivity contribution < 1.29 is 9.66 Å². The zero-order chi connectivity index (χ0) is 16.9. The normalized spacial score (nSPS) is 10.2. The summed E-state index contributed by atoms with van der Waals surface area (Å²) in [6.45, 7) is 0. The smallest absolute Gasteiger partial charge is 0.269 e. The van der Waals surface area contributed by atoms with Crippen LogP contribution in [-0.4, -0.2) is 12.0 Å². The summed E-state index contributed by atoms with van der Waals surface area (Å²) in [4.78, 5) is 12.5. The molecule has 0 atom stereocenters. The van der Waals surface area contributed by atoms with Crippen LogP contribution >= 0.6 is 0 Å². The Kier molecular flexibility index (Phi) is 4.43. The van der Waals surface area contributed by atoms with Gasteiger partial charge in [0.15, 0.2) is 0 Å². The number of rotatable bonds is 5. The van der Waals surface area contributed by atoms with E-state index >= 15 is 0 Å². The summed E-state index contributed by atoms with van der Waals surface area (Å²) in [6, 6.07) is 23.9. The van der Waals surface area contributed by atoms with E-state index in [1.54, 1.807) is 19.2 Å². The van der Waals surface area contributed by atoms with E-state index in [9.17, 15) is 10.1 Å². The van der Waals surface area contributed by atoms with Gasteiger partial charge in [0.1, 0.15) is 5.75 Å². The molecule has 0 saturated carbocycles. The first-order valence-electron chi connectivity index (χ1n) is 7.43. The highest BCUT2D eigenvalue weighted by Gasteiger charge is 2.17. The van der Waals surface area contributed by atoms with Crippen LogP contribution in [0.3, 0.4) is 0 Å². The van der Waals surface area contributed by atoms with Crippen molar-refractivity contribution in [2.75, 3.05) is 12.0 Å². The molecule has 5 nitrogen and oxygen atoms in total. The van der Waals surface area contributed by atoms with Gasteiger partial charge in [0.25, 0.3) is 5.69 Å². The summed E-state index contributed by atoms with van der Waals surface area (Å²) in [6.07, 6.45) is 0. The molecule has 0 spiro atoms. The number of benzene rings is 3. The third-order valence-corrected chi connectivity index (χ3v) is 3.66. The lowest BCUT2D eigenvalue weighted by molar-refractivity contribution is -0.384. The molecule has 120 valence electrons. The zero-order valence-corrected chi connectivity index (χ0v) is 13.1. The molecule has 0 saturated heterocycles. The van der Waals surface area contributed by atoms with Crippen LogP contribution in [0.15, 0.2) is 78.9 Å². The van der Waals surface area contributed by atoms with Gasteiger partial charge in [-0.3, -0.25) is 10.1 Å². The van der Waals surface area contributed by atoms with Crippen LogP contribution < -0.4 is 9.64 Å². The second-order valence-electron chi connectivity index (χ2n) is 5.12. The molecule has 3 aromatic rings. The third-order valence-electron chi connectivity index (χ3n) is 3.66. The fraction of sp³-hybridized carbons (Fsp3) is 0.0526. The summed E-state index contributed by atoms with van der Waals surface area (Å²) in [5, 5.41) is 10.9. The second-order valence-corrected chi connectivity index (χ2v) is 5.12. The number of para-hydroxylation sites is 3. The monoisotopic (exact) mass is 320 g/mol. The molecule has 3 rings (SSSR count). The van der Waals surface area contributed by atoms with Crippen molar-refractivity contribution in [2.45, 2.75) is 0 Å². The van der Waals surface area contributed by atoms with Crippen molar-refractivity contribution in [3.05, 3.63) is 89.0 Å². The van der Waals surface area contributed by atoms with Crippen molar-refractivity contribution in [3.8, 4) is 5.75 Å². The molecule has 24 heavy (non-hydrogen) atoms. The number of hydrogen-bond acceptors (Lipinski definition) is 4. The van der Waals surface area contributed by atoms with Crippen molar-refractivity contribution in [1.82, 2.24) is 0 Å². The van der Waals surface area contributed by atoms with Gasteiger partial charge in [-0.25, -0.2) is 0 Å². The minimum Gasteiger partial charge on any atom is -0.495 e. The van der Waals surface area contributed by atoms with Gasteiger partial charge in [-0.1, -0.05) is 30.3 Å². The van der Waals surface area contributed by atoms with Crippen molar-refractivity contribution in [1.29, 1.82) is 0 Å². The molecule has 0 aliphatic carbocycles. The Hall–Kier alpha value is -3.34. The number of methoxy groups -OCH3 is 1. The molecule has 0 fully saturated rings. The SMILES string of the molecule is COc1ccccc1N(c1ccccc1)c1ccc([N+](=O)[O-])cc1. The lowest BCUT2D eigenvalue weighted by Crippen LogP contribution is -2.11. The number of hydrogen-bond donors (Lipinski definition) is 0. The summed E-state index contributed by atoms with van der Waals surface area (Å²) in [5.74, 6) is 0.722. The molecular weight excluding hydrogens is 304 g/mol. The van der Waals surface area contributed by atoms with Gasteiger partial charge in [0, 0.05) is 23.5 Å². The average molecular weight is 320 g/mol. The highest BCUT2D eigenvalue weighted by Crippen LogP contribution is 2.39. The van der Waals surface area contributed by atoms with Gasteiger partial charge in [0.2, 0.25) is 0 Å². The van der Waals surface area contributed by atoms with Gasteiger partial charge >= 0.3 is 0 Å². The molecule has 0 heterocycles. The number of nitrogens with zero attached hydrogens (tertiary/aromatic N) is 2. The molecule has 0 unspecified atom stereocenters. The molecule has 0 bridgehead atoms. The molecule has 0 N–H and O–H groups in total. The number of anilines is 3. The highest BCUT2D eigenvalue weighted by atomic mass is 16.6. The lowest BCUT2D eigenvalue weighted by atomic mass is 10.1. The standard InChI is InChI=1S/C19H16N2O3/c1-24-19-10-6-5-9-18(19)20(15-7-3-2-4-8-15)16-11-13-17(14-12-16)21(22)23/h2-14H,1H3. The van der Waals surface area contributed by atoms with Crippen LogP contribution in [0.5, 0.6) is 5.75 Å². The molecule has 0 amide bonds. The van der Waals surface area contributed by atoms with Gasteiger partial charge in [0.05, 0.1) is 17.7 Å². The van der Waals surface area contributed by atoms with Gasteiger partial charge < -0.3 is 9.64 Å². The number of non-ortho nitro benzene ring substituents is 1. The van der Waals surface area contributed by atoms with Crippen LogP contribution in [0.2, 0.25) is 0 Å². The minimum absolute atomic E-state index is 0.0618. The molecule has 0 aromatic heterocycles. The third kappa shape index (κ3) is 3.05. The minimum atomic E-state index is -0.403. The highest BCUT2D eigenvalue weighted by molar-refractivity contribution is 5.80. The van der Waals surface area contributed by atoms with Crippen LogP contribution in [0, 0.1) is 10.1 Å². The molecule has 0 aliphatic heterocycles. The quantitative estimate of drug-likeness (QED) is 0.486. The maximum absolute atomic E-state index is 10.9. The Labute approximate surface area is 139 Å². The molecule has 3 aromatic carbocycles. The first-order valence-corrected chi connectivity index (χ1v) is 7.43. The van der Waals surface area contributed by atoms with E-state index in [1.807, 2.05) is 59.5 Å². The van der Waals surface area contributed by atoms with Crippen molar-refractivity contribution in [2.24, 2.45) is 0 Å². The van der Waals surface area contributed by atoms with E-state index in [-0.39, 0.29) is 5.69 Å². The molecule has 5 heteroatoms. The number of nitro groups is 1. The van der Waals surface area contributed by atoms with E-state index < -0.39 is 4.92 Å². The Morgan fingerprint density at radius 2 is 1.42 bits per heavy atom. The topological polar surface area (TPSA) is 55.6 Å². The van der Waals surface area contributed by atoms with Gasteiger partial charge in [-0.05, 0) is 36.4 Å². The summed E-state index contributed by atoms with van der Waals surface area (Å²) < 4.78 is 5.48. The number of nitro benzene ring substituents is 1. The zero-order valence-electron chi connectivity index (χ0n) is 13.1. The van der Waals surface area contributed by atoms with Crippen molar-refractivity contribution in [3.63, 3.8) is 0 Å². The van der Waals surface area contributed by atoms with Crippen LogP contribution in [-0.2, 0) is 0 Å². The molecular formula is C19H16N2O3. The number of ether oxygens (including phenoxy) is 1. The Morgan fingerprint density at radius 1 is 0.833 bits per heavy atom. The predicted octanol–water partition coefficient (Wildman–Crippen LogP) is 5.07. The predicted molar refractivity (Wildman–Crippen MR) is 94.3 cm³/mol. The van der Waals surface area contributed by atoms with E-state index in [0.717, 1.165) is 22.8 Å². The van der Waals surface area contributed by atoms with Crippen LogP contribution in [0.25, 0.3) is 0 Å². The Balaban J connectivity index is 2.14. The largest absolute Gasteiger partial charge is 0.495 e. The Bertz CT molecular complexity index is 833. The van der Waals surface area contributed by atoms with Crippen molar-refractivity contribution >= 4 is 22.7 Å². The fourth-order valence-corrected chi connectivity index (χ4v) is 2.54. The fourth-order valence-electron chi connectivity index (χ4n) is 2.54. The summed E-state index contributed by atoms with van der Waals surface area (Å²) >= 11 is 0. The van der Waals surface area contributed by atoms with E-state index in [2.05, 4.69) is 0 Å². The van der Waals surface area contributed by atoms with E-state index in [1.165, 1.54) is 12.1 Å². The van der Waals surface area contributed by atoms with Crippen LogP contribution in [0.1, 0.15) is 0 Å². The van der Waals surface area contributed by atoms with Gasteiger partial charge in [-0.2, -0.15) is 0 Å². The van der Waals surface area contributed by atoms with E-state index in [0.29, 0.717) is 0 Å².